The van der Waals surface area contributed by atoms with E-state index in [2.05, 4.69) is 26.1 Å². The van der Waals surface area contributed by atoms with Crippen LogP contribution in [0.5, 0.6) is 11.8 Å². The summed E-state index contributed by atoms with van der Waals surface area (Å²) in [7, 11) is 0. The minimum atomic E-state index is -1.04. The number of aromatic nitrogens is 3. The van der Waals surface area contributed by atoms with Crippen molar-refractivity contribution in [3.05, 3.63) is 47.7 Å². The van der Waals surface area contributed by atoms with Crippen LogP contribution in [0.1, 0.15) is 31.7 Å². The number of hydrogen-bond acceptors (Lipinski definition) is 7. The van der Waals surface area contributed by atoms with Gasteiger partial charge in [0.15, 0.2) is 30.3 Å². The minimum absolute atomic E-state index is 0.0241. The zero-order valence-electron chi connectivity index (χ0n) is 23.6. The highest BCUT2D eigenvalue weighted by molar-refractivity contribution is 6.03. The fraction of sp³-hybridized carbons (Fsp3) is 0.375. The molecule has 0 spiro atoms. The summed E-state index contributed by atoms with van der Waals surface area (Å²) in [4.78, 5) is 15.7. The highest BCUT2D eigenvalue weighted by Crippen LogP contribution is 2.40. The third-order valence-electron chi connectivity index (χ3n) is 8.91. The maximum Gasteiger partial charge on any atom is 0.319 e. The van der Waals surface area contributed by atoms with Gasteiger partial charge in [-0.15, -0.1) is 6.42 Å². The number of fused-ring (bicyclic) bond motifs is 3. The maximum absolute atomic E-state index is 16.7. The van der Waals surface area contributed by atoms with Gasteiger partial charge in [-0.05, 0) is 30.5 Å². The van der Waals surface area contributed by atoms with Crippen LogP contribution in [0.15, 0.2) is 30.5 Å². The van der Waals surface area contributed by atoms with Gasteiger partial charge in [-0.1, -0.05) is 12.0 Å². The SMILES string of the molecule is C#Cc1c(F)ccc2cc(O)cc(-c3ncc4c(N5CCNC[C@@H]5C)nc(OC[C@@]56CCC[N+]5=CC(F)C6)nc4c3F)c12. The Kier molecular flexibility index (Phi) is 6.62. The van der Waals surface area contributed by atoms with E-state index in [4.69, 9.17) is 16.1 Å². The molecule has 2 saturated heterocycles. The zero-order chi connectivity index (χ0) is 29.9. The number of alkyl halides is 1. The summed E-state index contributed by atoms with van der Waals surface area (Å²) in [6.07, 6.45) is 9.75. The number of hydrogen-bond donors (Lipinski definition) is 2. The number of pyridine rings is 1. The van der Waals surface area contributed by atoms with Gasteiger partial charge >= 0.3 is 6.01 Å². The fourth-order valence-electron chi connectivity index (χ4n) is 6.84. The molecule has 8 nitrogen and oxygen atoms in total. The number of aromatic hydroxyl groups is 1. The maximum atomic E-state index is 16.7. The van der Waals surface area contributed by atoms with E-state index in [0.29, 0.717) is 42.6 Å². The predicted molar refractivity (Wildman–Crippen MR) is 158 cm³/mol. The average Bonchev–Trinajstić information content (AvgIpc) is 3.52. The standard InChI is InChI=1S/C32H29F3N6O2/c1-3-22-25(34)6-5-19-11-21(42)12-23(26(19)22)28-27(35)29-24(15-37-28)30(41-10-8-36-14-18(41)2)39-31(38-29)43-17-32-7-4-9-40(32)16-20(33)13-32/h1,5-6,11-12,15-16,18,20,36H,4,7-10,13-14,17H2,2H3/p+1/t18-,20?,32-/m0/s1. The summed E-state index contributed by atoms with van der Waals surface area (Å²) in [6.45, 7) is 4.99. The molecule has 4 aromatic rings. The normalized spacial score (nSPS) is 23.4. The molecule has 2 aromatic heterocycles. The third kappa shape index (κ3) is 4.52. The summed E-state index contributed by atoms with van der Waals surface area (Å²) in [5, 5.41) is 14.9. The Morgan fingerprint density at radius 2 is 2.14 bits per heavy atom. The Bertz CT molecular complexity index is 1860. The lowest BCUT2D eigenvalue weighted by molar-refractivity contribution is -0.577. The molecule has 7 rings (SSSR count). The molecule has 11 heteroatoms. The van der Waals surface area contributed by atoms with E-state index in [-0.39, 0.29) is 52.1 Å². The Hall–Kier alpha value is -4.43. The molecular formula is C32H30F3N6O2+. The second-order valence-electron chi connectivity index (χ2n) is 11.6. The first-order chi connectivity index (χ1) is 20.8. The highest BCUT2D eigenvalue weighted by atomic mass is 19.1. The van der Waals surface area contributed by atoms with Crippen molar-refractivity contribution >= 4 is 33.7 Å². The highest BCUT2D eigenvalue weighted by Gasteiger charge is 2.53. The monoisotopic (exact) mass is 587 g/mol. The van der Waals surface area contributed by atoms with E-state index in [1.807, 2.05) is 11.5 Å². The number of ether oxygens (including phenoxy) is 1. The van der Waals surface area contributed by atoms with Gasteiger partial charge in [0.1, 0.15) is 35.1 Å². The number of nitrogens with zero attached hydrogens (tertiary/aromatic N) is 5. The van der Waals surface area contributed by atoms with Crippen LogP contribution in [0.4, 0.5) is 19.0 Å². The van der Waals surface area contributed by atoms with Crippen LogP contribution in [-0.4, -0.2) is 81.4 Å². The van der Waals surface area contributed by atoms with Crippen LogP contribution in [0, 0.1) is 24.0 Å². The van der Waals surface area contributed by atoms with Crippen molar-refractivity contribution in [2.24, 2.45) is 0 Å². The van der Waals surface area contributed by atoms with Crippen LogP contribution >= 0.6 is 0 Å². The molecule has 5 heterocycles. The van der Waals surface area contributed by atoms with Gasteiger partial charge in [0.25, 0.3) is 0 Å². The molecule has 2 fully saturated rings. The van der Waals surface area contributed by atoms with Crippen molar-refractivity contribution in [3.8, 4) is 35.4 Å². The van der Waals surface area contributed by atoms with E-state index in [9.17, 15) is 13.9 Å². The van der Waals surface area contributed by atoms with Crippen molar-refractivity contribution in [1.82, 2.24) is 20.3 Å². The van der Waals surface area contributed by atoms with Gasteiger partial charge in [0.05, 0.1) is 17.4 Å². The second kappa shape index (κ2) is 10.4. The van der Waals surface area contributed by atoms with Crippen LogP contribution in [0.3, 0.4) is 0 Å². The van der Waals surface area contributed by atoms with Gasteiger partial charge in [0, 0.05) is 55.7 Å². The summed E-state index contributed by atoms with van der Waals surface area (Å²) >= 11 is 0. The van der Waals surface area contributed by atoms with Crippen molar-refractivity contribution in [2.45, 2.75) is 43.9 Å². The average molecular weight is 588 g/mol. The molecule has 3 aliphatic heterocycles. The first-order valence-electron chi connectivity index (χ1n) is 14.4. The number of anilines is 1. The number of phenolic OH excluding ortho intramolecular Hbond substituents is 1. The van der Waals surface area contributed by atoms with Crippen LogP contribution in [-0.2, 0) is 0 Å². The number of nitrogens with one attached hydrogen (secondary N) is 1. The van der Waals surface area contributed by atoms with E-state index in [1.54, 1.807) is 6.21 Å². The molecule has 1 unspecified atom stereocenters. The molecule has 43 heavy (non-hydrogen) atoms. The number of rotatable bonds is 5. The Morgan fingerprint density at radius 1 is 1.28 bits per heavy atom. The largest absolute Gasteiger partial charge is 0.508 e. The van der Waals surface area contributed by atoms with Gasteiger partial charge in [0.2, 0.25) is 0 Å². The smallest absolute Gasteiger partial charge is 0.319 e. The molecular weight excluding hydrogens is 557 g/mol. The van der Waals surface area contributed by atoms with Crippen molar-refractivity contribution < 1.29 is 27.6 Å². The molecule has 3 atom stereocenters. The van der Waals surface area contributed by atoms with E-state index < -0.39 is 23.3 Å². The molecule has 0 radical (unpaired) electrons. The molecule has 0 amide bonds. The van der Waals surface area contributed by atoms with Crippen LogP contribution in [0.25, 0.3) is 32.9 Å². The van der Waals surface area contributed by atoms with Gasteiger partial charge in [-0.3, -0.25) is 4.98 Å². The lowest BCUT2D eigenvalue weighted by Crippen LogP contribution is -2.50. The van der Waals surface area contributed by atoms with Crippen molar-refractivity contribution in [2.75, 3.05) is 37.7 Å². The summed E-state index contributed by atoms with van der Waals surface area (Å²) in [6, 6.07) is 5.45. The molecule has 0 aliphatic carbocycles. The van der Waals surface area contributed by atoms with Gasteiger partial charge in [-0.2, -0.15) is 9.97 Å². The first-order valence-corrected chi connectivity index (χ1v) is 14.4. The summed E-state index contributed by atoms with van der Waals surface area (Å²) in [5.74, 6) is 1.25. The summed E-state index contributed by atoms with van der Waals surface area (Å²) in [5.41, 5.74) is -0.594. The van der Waals surface area contributed by atoms with E-state index in [1.165, 1.54) is 30.5 Å². The van der Waals surface area contributed by atoms with Gasteiger partial charge < -0.3 is 20.1 Å². The number of terminal acetylenes is 1. The number of phenols is 1. The summed E-state index contributed by atoms with van der Waals surface area (Å²) < 4.78 is 53.9. The predicted octanol–water partition coefficient (Wildman–Crippen LogP) is 4.34. The molecule has 0 saturated carbocycles. The van der Waals surface area contributed by atoms with Gasteiger partial charge in [-0.25, -0.2) is 17.7 Å². The molecule has 3 aliphatic rings. The topological polar surface area (TPSA) is 86.4 Å². The number of benzene rings is 2. The Labute approximate surface area is 246 Å². The number of halogens is 3. The zero-order valence-corrected chi connectivity index (χ0v) is 23.6. The lowest BCUT2D eigenvalue weighted by atomic mass is 9.94. The molecule has 2 aromatic carbocycles. The second-order valence-corrected chi connectivity index (χ2v) is 11.6. The Morgan fingerprint density at radius 3 is 2.95 bits per heavy atom. The van der Waals surface area contributed by atoms with E-state index >= 15 is 4.39 Å². The van der Waals surface area contributed by atoms with Crippen LogP contribution in [0.2, 0.25) is 0 Å². The molecule has 0 bridgehead atoms. The number of piperazine rings is 1. The lowest BCUT2D eigenvalue weighted by Gasteiger charge is -2.35. The van der Waals surface area contributed by atoms with Crippen LogP contribution < -0.4 is 15.0 Å². The third-order valence-corrected chi connectivity index (χ3v) is 8.91. The van der Waals surface area contributed by atoms with E-state index in [0.717, 1.165) is 19.4 Å². The molecule has 220 valence electrons. The fourth-order valence-corrected chi connectivity index (χ4v) is 6.84. The quantitative estimate of drug-likeness (QED) is 0.265. The first kappa shape index (κ1) is 27.4. The molecule has 2 N–H and O–H groups in total. The Balaban J connectivity index is 1.39. The van der Waals surface area contributed by atoms with Crippen molar-refractivity contribution in [3.63, 3.8) is 0 Å². The van der Waals surface area contributed by atoms with Crippen molar-refractivity contribution in [1.29, 1.82) is 0 Å². The minimum Gasteiger partial charge on any atom is -0.508 e.